The van der Waals surface area contributed by atoms with E-state index in [9.17, 15) is 5.11 Å². The molecule has 92 valence electrons. The van der Waals surface area contributed by atoms with Crippen molar-refractivity contribution in [1.29, 1.82) is 0 Å². The van der Waals surface area contributed by atoms with Crippen molar-refractivity contribution in [2.45, 2.75) is 50.8 Å². The summed E-state index contributed by atoms with van der Waals surface area (Å²) in [6.07, 6.45) is 4.78. The van der Waals surface area contributed by atoms with Gasteiger partial charge >= 0.3 is 0 Å². The average molecular weight is 231 g/mol. The lowest BCUT2D eigenvalue weighted by Gasteiger charge is -2.20. The van der Waals surface area contributed by atoms with Gasteiger partial charge in [-0.1, -0.05) is 36.2 Å². The van der Waals surface area contributed by atoms with Crippen LogP contribution in [0.2, 0.25) is 0 Å². The smallest absolute Gasteiger partial charge is 0.0943 e. The maximum Gasteiger partial charge on any atom is 0.0943 e. The minimum absolute atomic E-state index is 0.257. The summed E-state index contributed by atoms with van der Waals surface area (Å²) in [5, 5.41) is 14.0. The second kappa shape index (κ2) is 4.43. The lowest BCUT2D eigenvalue weighted by atomic mass is 9.95. The fraction of sp³-hybridized carbons (Fsp3) is 0.600. The highest BCUT2D eigenvalue weighted by Gasteiger charge is 2.39. The normalized spacial score (nSPS) is 33.6. The van der Waals surface area contributed by atoms with Crippen LogP contribution < -0.4 is 5.32 Å². The molecule has 4 atom stereocenters. The van der Waals surface area contributed by atoms with Crippen LogP contribution in [0.1, 0.15) is 42.9 Å². The van der Waals surface area contributed by atoms with E-state index in [2.05, 4.69) is 36.5 Å². The highest BCUT2D eigenvalue weighted by atomic mass is 16.3. The van der Waals surface area contributed by atoms with E-state index in [0.717, 1.165) is 17.9 Å². The first kappa shape index (κ1) is 11.2. The second-order valence-electron chi connectivity index (χ2n) is 5.66. The highest BCUT2D eigenvalue weighted by molar-refractivity contribution is 5.24. The summed E-state index contributed by atoms with van der Waals surface area (Å²) in [5.41, 5.74) is 2.30. The third-order valence-corrected chi connectivity index (χ3v) is 4.44. The van der Waals surface area contributed by atoms with E-state index >= 15 is 0 Å². The molecular weight excluding hydrogens is 210 g/mol. The van der Waals surface area contributed by atoms with Crippen LogP contribution in [0.5, 0.6) is 0 Å². The third-order valence-electron chi connectivity index (χ3n) is 4.44. The topological polar surface area (TPSA) is 32.3 Å². The Labute approximate surface area is 103 Å². The number of fused-ring (bicyclic) bond motifs is 1. The van der Waals surface area contributed by atoms with Gasteiger partial charge in [-0.15, -0.1) is 0 Å². The predicted molar refractivity (Wildman–Crippen MR) is 68.8 cm³/mol. The van der Waals surface area contributed by atoms with E-state index in [1.165, 1.54) is 24.8 Å². The van der Waals surface area contributed by atoms with Crippen LogP contribution in [0.25, 0.3) is 0 Å². The molecule has 0 spiro atoms. The quantitative estimate of drug-likeness (QED) is 0.820. The maximum atomic E-state index is 10.4. The van der Waals surface area contributed by atoms with Crippen molar-refractivity contribution in [1.82, 2.24) is 5.32 Å². The summed E-state index contributed by atoms with van der Waals surface area (Å²) in [4.78, 5) is 0. The lowest BCUT2D eigenvalue weighted by Crippen LogP contribution is -2.33. The van der Waals surface area contributed by atoms with Gasteiger partial charge in [-0.05, 0) is 37.7 Å². The molecule has 2 fully saturated rings. The van der Waals surface area contributed by atoms with Crippen molar-refractivity contribution >= 4 is 0 Å². The first-order valence-corrected chi connectivity index (χ1v) is 6.75. The van der Waals surface area contributed by atoms with Gasteiger partial charge in [0.1, 0.15) is 0 Å². The van der Waals surface area contributed by atoms with Crippen LogP contribution in [0.4, 0.5) is 0 Å². The Morgan fingerprint density at radius 2 is 2.00 bits per heavy atom. The largest absolute Gasteiger partial charge is 0.387 e. The van der Waals surface area contributed by atoms with E-state index in [1.807, 2.05) is 0 Å². The Balaban J connectivity index is 1.70. The fourth-order valence-corrected chi connectivity index (χ4v) is 3.42. The molecular formula is C15H21NO. The Morgan fingerprint density at radius 3 is 2.71 bits per heavy atom. The van der Waals surface area contributed by atoms with E-state index < -0.39 is 0 Å². The monoisotopic (exact) mass is 231 g/mol. The molecule has 0 unspecified atom stereocenters. The number of hydrogen-bond acceptors (Lipinski definition) is 2. The van der Waals surface area contributed by atoms with Crippen LogP contribution in [0.15, 0.2) is 24.3 Å². The molecule has 2 nitrogen and oxygen atoms in total. The Hall–Kier alpha value is -0.860. The number of aliphatic hydroxyl groups is 1. The molecule has 2 N–H and O–H groups in total. The highest BCUT2D eigenvalue weighted by Crippen LogP contribution is 2.38. The summed E-state index contributed by atoms with van der Waals surface area (Å²) in [5.74, 6) is 0.806. The van der Waals surface area contributed by atoms with Crippen molar-refractivity contribution in [3.8, 4) is 0 Å². The van der Waals surface area contributed by atoms with Gasteiger partial charge in [0.25, 0.3) is 0 Å². The molecule has 1 aromatic carbocycles. The van der Waals surface area contributed by atoms with Gasteiger partial charge < -0.3 is 10.4 Å². The molecule has 17 heavy (non-hydrogen) atoms. The summed E-state index contributed by atoms with van der Waals surface area (Å²) in [7, 11) is 0. The van der Waals surface area contributed by atoms with Crippen LogP contribution in [0, 0.1) is 12.8 Å². The molecule has 3 rings (SSSR count). The SMILES string of the molecule is Cc1ccc([C@@H](O)[C@H]2C[C@H]3CCC[C@H]3N2)cc1. The molecule has 1 saturated heterocycles. The zero-order chi connectivity index (χ0) is 11.8. The summed E-state index contributed by atoms with van der Waals surface area (Å²) >= 11 is 0. The van der Waals surface area contributed by atoms with Gasteiger partial charge in [0, 0.05) is 12.1 Å². The van der Waals surface area contributed by atoms with Crippen molar-refractivity contribution < 1.29 is 5.11 Å². The molecule has 0 aromatic heterocycles. The van der Waals surface area contributed by atoms with Gasteiger partial charge in [0.2, 0.25) is 0 Å². The first-order valence-electron chi connectivity index (χ1n) is 6.75. The van der Waals surface area contributed by atoms with E-state index in [0.29, 0.717) is 6.04 Å². The molecule has 0 bridgehead atoms. The zero-order valence-electron chi connectivity index (χ0n) is 10.4. The molecule has 1 aliphatic carbocycles. The molecule has 1 heterocycles. The van der Waals surface area contributed by atoms with Crippen LogP contribution in [0.3, 0.4) is 0 Å². The lowest BCUT2D eigenvalue weighted by molar-refractivity contribution is 0.133. The Morgan fingerprint density at radius 1 is 1.24 bits per heavy atom. The minimum atomic E-state index is -0.346. The Bertz CT molecular complexity index is 374. The van der Waals surface area contributed by atoms with E-state index in [1.54, 1.807) is 0 Å². The van der Waals surface area contributed by atoms with Gasteiger partial charge in [-0.25, -0.2) is 0 Å². The van der Waals surface area contributed by atoms with E-state index in [4.69, 9.17) is 0 Å². The predicted octanol–water partition coefficient (Wildman–Crippen LogP) is 2.56. The number of rotatable bonds is 2. The van der Waals surface area contributed by atoms with Gasteiger partial charge in [-0.2, -0.15) is 0 Å². The molecule has 1 aliphatic heterocycles. The zero-order valence-corrected chi connectivity index (χ0v) is 10.4. The van der Waals surface area contributed by atoms with Crippen molar-refractivity contribution in [3.63, 3.8) is 0 Å². The molecule has 1 saturated carbocycles. The summed E-state index contributed by atoms with van der Waals surface area (Å²) in [6.45, 7) is 2.08. The number of aliphatic hydroxyl groups excluding tert-OH is 1. The van der Waals surface area contributed by atoms with Gasteiger partial charge in [0.05, 0.1) is 6.10 Å². The van der Waals surface area contributed by atoms with Gasteiger partial charge in [0.15, 0.2) is 0 Å². The summed E-state index contributed by atoms with van der Waals surface area (Å²) < 4.78 is 0. The van der Waals surface area contributed by atoms with Crippen molar-refractivity contribution in [3.05, 3.63) is 35.4 Å². The van der Waals surface area contributed by atoms with E-state index in [-0.39, 0.29) is 12.1 Å². The molecule has 2 aliphatic rings. The number of nitrogens with one attached hydrogen (secondary N) is 1. The molecule has 1 aromatic rings. The average Bonchev–Trinajstić information content (AvgIpc) is 2.89. The number of hydrogen-bond donors (Lipinski definition) is 2. The Kier molecular flexibility index (Phi) is 2.93. The molecule has 0 radical (unpaired) electrons. The van der Waals surface area contributed by atoms with Crippen LogP contribution in [-0.2, 0) is 0 Å². The number of aryl methyl sites for hydroxylation is 1. The van der Waals surface area contributed by atoms with Crippen molar-refractivity contribution in [2.24, 2.45) is 5.92 Å². The van der Waals surface area contributed by atoms with Gasteiger partial charge in [-0.3, -0.25) is 0 Å². The van der Waals surface area contributed by atoms with Crippen LogP contribution >= 0.6 is 0 Å². The minimum Gasteiger partial charge on any atom is -0.387 e. The van der Waals surface area contributed by atoms with Crippen LogP contribution in [-0.4, -0.2) is 17.2 Å². The standard InChI is InChI=1S/C15H21NO/c1-10-5-7-11(8-6-10)15(17)14-9-12-3-2-4-13(12)16-14/h5-8,12-17H,2-4,9H2,1H3/t12-,13-,14-,15-/m1/s1. The fourth-order valence-electron chi connectivity index (χ4n) is 3.42. The summed E-state index contributed by atoms with van der Waals surface area (Å²) in [6, 6.07) is 9.18. The second-order valence-corrected chi connectivity index (χ2v) is 5.66. The van der Waals surface area contributed by atoms with Crippen molar-refractivity contribution in [2.75, 3.05) is 0 Å². The number of benzene rings is 1. The first-order chi connectivity index (χ1) is 8.24. The molecule has 2 heteroatoms. The maximum absolute atomic E-state index is 10.4. The molecule has 0 amide bonds. The third kappa shape index (κ3) is 2.12.